The lowest BCUT2D eigenvalue weighted by atomic mass is 10.2. The second kappa shape index (κ2) is 4.47. The first-order valence-corrected chi connectivity index (χ1v) is 5.46. The van der Waals surface area contributed by atoms with Crippen molar-refractivity contribution in [3.05, 3.63) is 18.1 Å². The van der Waals surface area contributed by atoms with Gasteiger partial charge in [-0.1, -0.05) is 12.8 Å². The minimum atomic E-state index is -1.03. The van der Waals surface area contributed by atoms with Gasteiger partial charge < -0.3 is 10.0 Å². The number of anilines is 1. The van der Waals surface area contributed by atoms with Crippen molar-refractivity contribution in [1.82, 2.24) is 9.97 Å². The van der Waals surface area contributed by atoms with E-state index in [0.29, 0.717) is 11.9 Å². The molecule has 0 aromatic carbocycles. The van der Waals surface area contributed by atoms with E-state index >= 15 is 0 Å². The zero-order valence-corrected chi connectivity index (χ0v) is 9.26. The molecule has 0 spiro atoms. The Morgan fingerprint density at radius 1 is 1.44 bits per heavy atom. The van der Waals surface area contributed by atoms with Crippen LogP contribution in [-0.2, 0) is 0 Å². The lowest BCUT2D eigenvalue weighted by Crippen LogP contribution is -2.30. The summed E-state index contributed by atoms with van der Waals surface area (Å²) in [6.45, 7) is 0. The van der Waals surface area contributed by atoms with Gasteiger partial charge in [-0.2, -0.15) is 0 Å². The van der Waals surface area contributed by atoms with Gasteiger partial charge >= 0.3 is 5.97 Å². The Hall–Kier alpha value is -1.65. The van der Waals surface area contributed by atoms with Crippen molar-refractivity contribution >= 4 is 11.8 Å². The van der Waals surface area contributed by atoms with Crippen LogP contribution in [0.2, 0.25) is 0 Å². The van der Waals surface area contributed by atoms with E-state index in [1.165, 1.54) is 19.0 Å². The van der Waals surface area contributed by atoms with E-state index in [-0.39, 0.29) is 5.69 Å². The van der Waals surface area contributed by atoms with Gasteiger partial charge in [0, 0.05) is 13.1 Å². The summed E-state index contributed by atoms with van der Waals surface area (Å²) in [5.74, 6) is -0.388. The quantitative estimate of drug-likeness (QED) is 0.838. The molecule has 86 valence electrons. The largest absolute Gasteiger partial charge is 0.476 e. The van der Waals surface area contributed by atoms with Crippen LogP contribution >= 0.6 is 0 Å². The maximum absolute atomic E-state index is 10.8. The molecule has 2 rings (SSSR count). The van der Waals surface area contributed by atoms with Gasteiger partial charge in [0.1, 0.15) is 5.82 Å². The number of carboxylic acids is 1. The molecule has 5 heteroatoms. The third-order valence-electron chi connectivity index (χ3n) is 3.07. The average Bonchev–Trinajstić information content (AvgIpc) is 2.81. The molecule has 16 heavy (non-hydrogen) atoms. The molecule has 1 aliphatic rings. The van der Waals surface area contributed by atoms with Crippen LogP contribution in [0.3, 0.4) is 0 Å². The van der Waals surface area contributed by atoms with Crippen molar-refractivity contribution in [3.8, 4) is 0 Å². The molecule has 0 bridgehead atoms. The minimum absolute atomic E-state index is 0.00217. The van der Waals surface area contributed by atoms with E-state index in [0.717, 1.165) is 12.8 Å². The van der Waals surface area contributed by atoms with Gasteiger partial charge in [-0.15, -0.1) is 0 Å². The fourth-order valence-corrected chi connectivity index (χ4v) is 2.11. The molecule has 1 saturated carbocycles. The Balaban J connectivity index is 2.18. The van der Waals surface area contributed by atoms with Gasteiger partial charge in [0.05, 0.1) is 12.4 Å². The maximum atomic E-state index is 10.8. The van der Waals surface area contributed by atoms with Gasteiger partial charge in [0.2, 0.25) is 0 Å². The third-order valence-corrected chi connectivity index (χ3v) is 3.07. The first kappa shape index (κ1) is 10.9. The van der Waals surface area contributed by atoms with Crippen LogP contribution in [0.1, 0.15) is 36.2 Å². The van der Waals surface area contributed by atoms with Crippen molar-refractivity contribution in [2.75, 3.05) is 11.9 Å². The van der Waals surface area contributed by atoms with Gasteiger partial charge in [0.15, 0.2) is 5.69 Å². The van der Waals surface area contributed by atoms with E-state index < -0.39 is 5.97 Å². The van der Waals surface area contributed by atoms with Gasteiger partial charge in [-0.05, 0) is 12.8 Å². The molecular weight excluding hydrogens is 206 g/mol. The Labute approximate surface area is 94.1 Å². The summed E-state index contributed by atoms with van der Waals surface area (Å²) in [6, 6.07) is 0.471. The van der Waals surface area contributed by atoms with Gasteiger partial charge in [-0.3, -0.25) is 4.98 Å². The van der Waals surface area contributed by atoms with Crippen LogP contribution < -0.4 is 4.90 Å². The van der Waals surface area contributed by atoms with E-state index in [4.69, 9.17) is 5.11 Å². The molecular formula is C11H15N3O2. The van der Waals surface area contributed by atoms with Crippen LogP contribution in [0.25, 0.3) is 0 Å². The van der Waals surface area contributed by atoms with Crippen molar-refractivity contribution in [3.63, 3.8) is 0 Å². The summed E-state index contributed by atoms with van der Waals surface area (Å²) in [5, 5.41) is 8.84. The molecule has 1 aliphatic carbocycles. The summed E-state index contributed by atoms with van der Waals surface area (Å²) < 4.78 is 0. The van der Waals surface area contributed by atoms with Gasteiger partial charge in [-0.25, -0.2) is 9.78 Å². The first-order valence-electron chi connectivity index (χ1n) is 5.46. The Kier molecular flexibility index (Phi) is 3.03. The SMILES string of the molecule is CN(c1cncc(C(=O)O)n1)C1CCCC1. The fraction of sp³-hybridized carbons (Fsp3) is 0.545. The van der Waals surface area contributed by atoms with Crippen molar-refractivity contribution in [2.45, 2.75) is 31.7 Å². The molecule has 0 radical (unpaired) electrons. The fourth-order valence-electron chi connectivity index (χ4n) is 2.11. The molecule has 1 fully saturated rings. The predicted molar refractivity (Wildman–Crippen MR) is 59.7 cm³/mol. The van der Waals surface area contributed by atoms with E-state index in [2.05, 4.69) is 9.97 Å². The van der Waals surface area contributed by atoms with E-state index in [1.54, 1.807) is 6.20 Å². The topological polar surface area (TPSA) is 66.3 Å². The molecule has 0 aliphatic heterocycles. The van der Waals surface area contributed by atoms with Crippen molar-refractivity contribution < 1.29 is 9.90 Å². The first-order chi connectivity index (χ1) is 7.68. The summed E-state index contributed by atoms with van der Waals surface area (Å²) >= 11 is 0. The smallest absolute Gasteiger partial charge is 0.356 e. The average molecular weight is 221 g/mol. The Morgan fingerprint density at radius 3 is 2.75 bits per heavy atom. The van der Waals surface area contributed by atoms with Crippen LogP contribution in [0, 0.1) is 0 Å². The molecule has 0 saturated heterocycles. The van der Waals surface area contributed by atoms with Crippen LogP contribution in [-0.4, -0.2) is 34.1 Å². The molecule has 0 atom stereocenters. The summed E-state index contributed by atoms with van der Waals surface area (Å²) in [6.07, 6.45) is 7.66. The lowest BCUT2D eigenvalue weighted by Gasteiger charge is -2.24. The molecule has 0 unspecified atom stereocenters. The van der Waals surface area contributed by atoms with Crippen LogP contribution in [0.5, 0.6) is 0 Å². The third kappa shape index (κ3) is 2.13. The number of nitrogens with zero attached hydrogens (tertiary/aromatic N) is 3. The van der Waals surface area contributed by atoms with Crippen LogP contribution in [0.4, 0.5) is 5.82 Å². The molecule has 5 nitrogen and oxygen atoms in total. The Morgan fingerprint density at radius 2 is 2.12 bits per heavy atom. The number of rotatable bonds is 3. The normalized spacial score (nSPS) is 16.3. The summed E-state index contributed by atoms with van der Waals surface area (Å²) in [4.78, 5) is 20.8. The summed E-state index contributed by atoms with van der Waals surface area (Å²) in [7, 11) is 1.95. The van der Waals surface area contributed by atoms with Crippen molar-refractivity contribution in [2.24, 2.45) is 0 Å². The monoisotopic (exact) mass is 221 g/mol. The lowest BCUT2D eigenvalue weighted by molar-refractivity contribution is 0.0690. The molecule has 1 N–H and O–H groups in total. The molecule has 1 heterocycles. The number of aromatic carboxylic acids is 1. The Bertz CT molecular complexity index is 389. The minimum Gasteiger partial charge on any atom is -0.476 e. The highest BCUT2D eigenvalue weighted by Crippen LogP contribution is 2.25. The van der Waals surface area contributed by atoms with Gasteiger partial charge in [0.25, 0.3) is 0 Å². The van der Waals surface area contributed by atoms with Crippen molar-refractivity contribution in [1.29, 1.82) is 0 Å². The zero-order valence-electron chi connectivity index (χ0n) is 9.26. The van der Waals surface area contributed by atoms with E-state index in [9.17, 15) is 4.79 Å². The second-order valence-electron chi connectivity index (χ2n) is 4.12. The number of hydrogen-bond donors (Lipinski definition) is 1. The highest BCUT2D eigenvalue weighted by Gasteiger charge is 2.21. The predicted octanol–water partition coefficient (Wildman–Crippen LogP) is 1.55. The second-order valence-corrected chi connectivity index (χ2v) is 4.12. The summed E-state index contributed by atoms with van der Waals surface area (Å²) in [5.41, 5.74) is 0.00217. The van der Waals surface area contributed by atoms with Crippen LogP contribution in [0.15, 0.2) is 12.4 Å². The molecule has 1 aromatic heterocycles. The number of carboxylic acid groups (broad SMARTS) is 1. The standard InChI is InChI=1S/C11H15N3O2/c1-14(8-4-2-3-5-8)10-7-12-6-9(13-10)11(15)16/h6-8H,2-5H2,1H3,(H,15,16). The highest BCUT2D eigenvalue weighted by atomic mass is 16.4. The van der Waals surface area contributed by atoms with E-state index in [1.807, 2.05) is 11.9 Å². The number of aromatic nitrogens is 2. The molecule has 1 aromatic rings. The zero-order chi connectivity index (χ0) is 11.5. The number of hydrogen-bond acceptors (Lipinski definition) is 4. The number of carbonyl (C=O) groups is 1. The maximum Gasteiger partial charge on any atom is 0.356 e. The molecule has 0 amide bonds. The highest BCUT2D eigenvalue weighted by molar-refractivity contribution is 5.85.